The minimum Gasteiger partial charge on any atom is -0.490 e. The van der Waals surface area contributed by atoms with Crippen LogP contribution in [0.3, 0.4) is 0 Å². The van der Waals surface area contributed by atoms with E-state index in [2.05, 4.69) is 36.0 Å². The minimum absolute atomic E-state index is 0.245. The third-order valence-corrected chi connectivity index (χ3v) is 4.51. The Bertz CT molecular complexity index is 581. The lowest BCUT2D eigenvalue weighted by molar-refractivity contribution is 0.0203. The number of hydrogen-bond donors (Lipinski definition) is 0. The molecule has 0 spiro atoms. The fourth-order valence-corrected chi connectivity index (χ4v) is 3.19. The summed E-state index contributed by atoms with van der Waals surface area (Å²) in [4.78, 5) is 4.63. The Morgan fingerprint density at radius 3 is 2.31 bits per heavy atom. The molecule has 1 aromatic carbocycles. The van der Waals surface area contributed by atoms with Crippen LogP contribution in [0.2, 0.25) is 0 Å². The van der Waals surface area contributed by atoms with Crippen LogP contribution in [-0.4, -0.2) is 38.7 Å². The predicted molar refractivity (Wildman–Crippen MR) is 104 cm³/mol. The number of oxime groups is 1. The summed E-state index contributed by atoms with van der Waals surface area (Å²) < 4.78 is 17.8. The molecule has 0 atom stereocenters. The van der Waals surface area contributed by atoms with Crippen LogP contribution in [0.1, 0.15) is 43.7 Å². The van der Waals surface area contributed by atoms with E-state index >= 15 is 0 Å². The van der Waals surface area contributed by atoms with Gasteiger partial charge in [-0.25, -0.2) is 0 Å². The minimum atomic E-state index is 0.245. The maximum Gasteiger partial charge on any atom is 0.125 e. The molecule has 0 N–H and O–H groups in total. The smallest absolute Gasteiger partial charge is 0.125 e. The zero-order chi connectivity index (χ0) is 18.8. The van der Waals surface area contributed by atoms with Gasteiger partial charge in [-0.05, 0) is 69.7 Å². The molecule has 2 rings (SSSR count). The molecule has 1 aromatic rings. The maximum absolute atomic E-state index is 6.32. The van der Waals surface area contributed by atoms with Crippen molar-refractivity contribution in [2.75, 3.05) is 20.3 Å². The molecular weight excluding hydrogens is 330 g/mol. The van der Waals surface area contributed by atoms with Gasteiger partial charge in [0.2, 0.25) is 0 Å². The molecule has 0 bridgehead atoms. The molecule has 1 fully saturated rings. The SMILES string of the molecule is C/C=C/COc1cc(C)c(OC2CCC(OC/C=N\OC)CC2)c(C)c1. The zero-order valence-corrected chi connectivity index (χ0v) is 16.4. The highest BCUT2D eigenvalue weighted by atomic mass is 16.6. The number of benzene rings is 1. The molecule has 0 saturated heterocycles. The number of aryl methyl sites for hydroxylation is 2. The summed E-state index contributed by atoms with van der Waals surface area (Å²) in [5.41, 5.74) is 2.24. The second kappa shape index (κ2) is 10.9. The lowest BCUT2D eigenvalue weighted by Crippen LogP contribution is -2.29. The van der Waals surface area contributed by atoms with Gasteiger partial charge in [0.15, 0.2) is 0 Å². The van der Waals surface area contributed by atoms with Crippen molar-refractivity contribution in [1.82, 2.24) is 0 Å². The zero-order valence-electron chi connectivity index (χ0n) is 16.4. The summed E-state index contributed by atoms with van der Waals surface area (Å²) in [6.45, 7) is 7.23. The summed E-state index contributed by atoms with van der Waals surface area (Å²) in [6, 6.07) is 4.10. The van der Waals surface area contributed by atoms with E-state index in [1.54, 1.807) is 6.21 Å². The molecule has 5 heteroatoms. The van der Waals surface area contributed by atoms with E-state index in [-0.39, 0.29) is 12.2 Å². The lowest BCUT2D eigenvalue weighted by atomic mass is 9.94. The number of hydrogen-bond acceptors (Lipinski definition) is 5. The molecule has 0 unspecified atom stereocenters. The van der Waals surface area contributed by atoms with E-state index in [1.807, 2.05) is 19.1 Å². The van der Waals surface area contributed by atoms with Crippen LogP contribution in [-0.2, 0) is 9.57 Å². The molecule has 0 heterocycles. The Balaban J connectivity index is 1.84. The Hall–Kier alpha value is -2.01. The number of ether oxygens (including phenoxy) is 3. The number of rotatable bonds is 9. The first kappa shape index (κ1) is 20.3. The summed E-state index contributed by atoms with van der Waals surface area (Å²) in [7, 11) is 1.53. The van der Waals surface area contributed by atoms with E-state index in [1.165, 1.54) is 7.11 Å². The highest BCUT2D eigenvalue weighted by Gasteiger charge is 2.23. The van der Waals surface area contributed by atoms with Gasteiger partial charge in [0.1, 0.15) is 25.2 Å². The monoisotopic (exact) mass is 361 g/mol. The Labute approximate surface area is 157 Å². The summed E-state index contributed by atoms with van der Waals surface area (Å²) in [6.07, 6.45) is 10.2. The highest BCUT2D eigenvalue weighted by molar-refractivity contribution is 5.57. The molecule has 5 nitrogen and oxygen atoms in total. The topological polar surface area (TPSA) is 49.3 Å². The van der Waals surface area contributed by atoms with Gasteiger partial charge in [0.05, 0.1) is 25.0 Å². The molecule has 144 valence electrons. The van der Waals surface area contributed by atoms with E-state index in [0.29, 0.717) is 13.2 Å². The molecule has 1 saturated carbocycles. The average Bonchev–Trinajstić information content (AvgIpc) is 2.63. The summed E-state index contributed by atoms with van der Waals surface area (Å²) >= 11 is 0. The van der Waals surface area contributed by atoms with E-state index in [4.69, 9.17) is 14.2 Å². The molecule has 1 aliphatic carbocycles. The summed E-state index contributed by atoms with van der Waals surface area (Å²) in [5, 5.41) is 3.69. The highest BCUT2D eigenvalue weighted by Crippen LogP contribution is 2.32. The quantitative estimate of drug-likeness (QED) is 0.366. The van der Waals surface area contributed by atoms with Gasteiger partial charge in [-0.2, -0.15) is 0 Å². The van der Waals surface area contributed by atoms with Crippen molar-refractivity contribution in [1.29, 1.82) is 0 Å². The predicted octanol–water partition coefficient (Wildman–Crippen LogP) is 4.60. The van der Waals surface area contributed by atoms with Gasteiger partial charge >= 0.3 is 0 Å². The molecule has 0 amide bonds. The van der Waals surface area contributed by atoms with Crippen molar-refractivity contribution in [3.63, 3.8) is 0 Å². The van der Waals surface area contributed by atoms with Gasteiger partial charge in [-0.1, -0.05) is 17.3 Å². The fourth-order valence-electron chi connectivity index (χ4n) is 3.19. The Kier molecular flexibility index (Phi) is 8.48. The summed E-state index contributed by atoms with van der Waals surface area (Å²) in [5.74, 6) is 1.88. The standard InChI is InChI=1S/C21H31NO4/c1-5-6-12-24-20-14-16(2)21(17(3)15-20)26-19-9-7-18(8-10-19)25-13-11-22-23-4/h5-6,11,14-15,18-19H,7-10,12-13H2,1-4H3/b6-5+,22-11-. The fraction of sp³-hybridized carbons (Fsp3) is 0.571. The molecule has 26 heavy (non-hydrogen) atoms. The van der Waals surface area contributed by atoms with Crippen molar-refractivity contribution >= 4 is 6.21 Å². The maximum atomic E-state index is 6.32. The van der Waals surface area contributed by atoms with E-state index in [0.717, 1.165) is 48.3 Å². The van der Waals surface area contributed by atoms with Gasteiger partial charge < -0.3 is 19.0 Å². The van der Waals surface area contributed by atoms with E-state index < -0.39 is 0 Å². The van der Waals surface area contributed by atoms with Crippen molar-refractivity contribution in [3.05, 3.63) is 35.4 Å². The van der Waals surface area contributed by atoms with E-state index in [9.17, 15) is 0 Å². The van der Waals surface area contributed by atoms with Gasteiger partial charge in [0, 0.05) is 0 Å². The molecule has 0 radical (unpaired) electrons. The molecule has 1 aliphatic rings. The van der Waals surface area contributed by atoms with Crippen LogP contribution < -0.4 is 9.47 Å². The van der Waals surface area contributed by atoms with Crippen LogP contribution in [0.5, 0.6) is 11.5 Å². The van der Waals surface area contributed by atoms with Crippen molar-refractivity contribution in [3.8, 4) is 11.5 Å². The second-order valence-electron chi connectivity index (χ2n) is 6.59. The van der Waals surface area contributed by atoms with Crippen LogP contribution in [0.25, 0.3) is 0 Å². The first-order chi connectivity index (χ1) is 12.6. The second-order valence-corrected chi connectivity index (χ2v) is 6.59. The average molecular weight is 361 g/mol. The van der Waals surface area contributed by atoms with Gasteiger partial charge in [-0.3, -0.25) is 0 Å². The van der Waals surface area contributed by atoms with Crippen LogP contribution in [0.15, 0.2) is 29.4 Å². The largest absolute Gasteiger partial charge is 0.490 e. The van der Waals surface area contributed by atoms with Crippen molar-refractivity contribution in [2.45, 2.75) is 58.7 Å². The van der Waals surface area contributed by atoms with Crippen molar-refractivity contribution in [2.24, 2.45) is 5.16 Å². The third-order valence-electron chi connectivity index (χ3n) is 4.51. The first-order valence-electron chi connectivity index (χ1n) is 9.32. The van der Waals surface area contributed by atoms with Crippen LogP contribution >= 0.6 is 0 Å². The van der Waals surface area contributed by atoms with Crippen LogP contribution in [0.4, 0.5) is 0 Å². The number of allylic oxidation sites excluding steroid dienone is 1. The third kappa shape index (κ3) is 6.37. The lowest BCUT2D eigenvalue weighted by Gasteiger charge is -2.29. The number of nitrogens with zero attached hydrogens (tertiary/aromatic N) is 1. The Morgan fingerprint density at radius 2 is 1.69 bits per heavy atom. The molecular formula is C21H31NO4. The first-order valence-corrected chi connectivity index (χ1v) is 9.32. The normalized spacial score (nSPS) is 20.6. The molecule has 0 aromatic heterocycles. The Morgan fingerprint density at radius 1 is 1.04 bits per heavy atom. The molecule has 0 aliphatic heterocycles. The van der Waals surface area contributed by atoms with Crippen LogP contribution in [0, 0.1) is 13.8 Å². The van der Waals surface area contributed by atoms with Crippen molar-refractivity contribution < 1.29 is 19.0 Å². The van der Waals surface area contributed by atoms with Gasteiger partial charge in [0.25, 0.3) is 0 Å². The van der Waals surface area contributed by atoms with Gasteiger partial charge in [-0.15, -0.1) is 0 Å².